The summed E-state index contributed by atoms with van der Waals surface area (Å²) in [5.41, 5.74) is 2.83. The fourth-order valence-corrected chi connectivity index (χ4v) is 3.13. The summed E-state index contributed by atoms with van der Waals surface area (Å²) in [5, 5.41) is 0. The molecule has 1 aromatic carbocycles. The molecule has 5 heteroatoms. The number of amides is 1. The minimum absolute atomic E-state index is 0.126. The number of likely N-dealkylation sites (tertiary alicyclic amines) is 1. The van der Waals surface area contributed by atoms with Crippen molar-refractivity contribution in [2.75, 3.05) is 20.2 Å². The summed E-state index contributed by atoms with van der Waals surface area (Å²) in [6.07, 6.45) is 5.47. The Balaban J connectivity index is 1.95. The van der Waals surface area contributed by atoms with Gasteiger partial charge in [0.15, 0.2) is 0 Å². The lowest BCUT2D eigenvalue weighted by Gasteiger charge is -2.32. The number of aromatic nitrogens is 2. The van der Waals surface area contributed by atoms with Crippen molar-refractivity contribution in [1.82, 2.24) is 14.9 Å². The monoisotopic (exact) mass is 311 g/mol. The summed E-state index contributed by atoms with van der Waals surface area (Å²) in [4.78, 5) is 22.7. The quantitative estimate of drug-likeness (QED) is 0.874. The van der Waals surface area contributed by atoms with Gasteiger partial charge in [-0.25, -0.2) is 0 Å². The Kier molecular flexibility index (Phi) is 4.55. The lowest BCUT2D eigenvalue weighted by atomic mass is 9.91. The maximum absolute atomic E-state index is 11.7. The lowest BCUT2D eigenvalue weighted by molar-refractivity contribution is -0.130. The molecule has 3 rings (SSSR count). The number of hydrogen-bond acceptors (Lipinski definition) is 4. The van der Waals surface area contributed by atoms with Gasteiger partial charge in [-0.1, -0.05) is 12.1 Å². The van der Waals surface area contributed by atoms with Crippen molar-refractivity contribution in [3.63, 3.8) is 0 Å². The molecule has 2 aromatic rings. The van der Waals surface area contributed by atoms with E-state index in [2.05, 4.69) is 9.97 Å². The van der Waals surface area contributed by atoms with Gasteiger partial charge in [-0.2, -0.15) is 0 Å². The van der Waals surface area contributed by atoms with Crippen molar-refractivity contribution in [2.24, 2.45) is 0 Å². The van der Waals surface area contributed by atoms with E-state index in [0.717, 1.165) is 42.1 Å². The Bertz CT molecular complexity index is 702. The van der Waals surface area contributed by atoms with Crippen LogP contribution in [0.4, 0.5) is 0 Å². The van der Waals surface area contributed by atoms with E-state index in [1.807, 2.05) is 29.2 Å². The van der Waals surface area contributed by atoms with Crippen LogP contribution >= 0.6 is 0 Å². The van der Waals surface area contributed by atoms with Crippen LogP contribution in [-0.4, -0.2) is 41.0 Å². The predicted molar refractivity (Wildman–Crippen MR) is 88.2 cm³/mol. The minimum atomic E-state index is 0.126. The van der Waals surface area contributed by atoms with Crippen LogP contribution in [0.5, 0.6) is 5.75 Å². The number of rotatable bonds is 3. The van der Waals surface area contributed by atoms with Crippen molar-refractivity contribution in [3.8, 4) is 17.0 Å². The van der Waals surface area contributed by atoms with Gasteiger partial charge in [-0.05, 0) is 25.0 Å². The maximum Gasteiger partial charge on any atom is 0.219 e. The molecule has 1 aromatic heterocycles. The average molecular weight is 311 g/mol. The molecule has 1 fully saturated rings. The third-order valence-corrected chi connectivity index (χ3v) is 4.32. The fourth-order valence-electron chi connectivity index (χ4n) is 3.13. The second kappa shape index (κ2) is 6.77. The normalized spacial score (nSPS) is 17.8. The van der Waals surface area contributed by atoms with Crippen LogP contribution in [0.1, 0.15) is 31.4 Å². The highest BCUT2D eigenvalue weighted by Gasteiger charge is 2.26. The SMILES string of the molecule is COc1cccc(-c2nccnc2[C@H]2CCCN(C(C)=O)C2)c1. The van der Waals surface area contributed by atoms with Crippen LogP contribution in [0.2, 0.25) is 0 Å². The number of benzene rings is 1. The second-order valence-corrected chi connectivity index (χ2v) is 5.83. The predicted octanol–water partition coefficient (Wildman–Crippen LogP) is 2.88. The van der Waals surface area contributed by atoms with Gasteiger partial charge in [-0.3, -0.25) is 14.8 Å². The van der Waals surface area contributed by atoms with Gasteiger partial charge in [0.2, 0.25) is 5.91 Å². The second-order valence-electron chi connectivity index (χ2n) is 5.83. The molecule has 5 nitrogen and oxygen atoms in total. The zero-order valence-electron chi connectivity index (χ0n) is 13.5. The van der Waals surface area contributed by atoms with Crippen LogP contribution in [0.25, 0.3) is 11.3 Å². The largest absolute Gasteiger partial charge is 0.497 e. The summed E-state index contributed by atoms with van der Waals surface area (Å²) in [5.74, 6) is 1.15. The Morgan fingerprint density at radius 2 is 2.13 bits per heavy atom. The minimum Gasteiger partial charge on any atom is -0.497 e. The van der Waals surface area contributed by atoms with E-state index in [0.29, 0.717) is 6.54 Å². The molecule has 0 aliphatic carbocycles. The van der Waals surface area contributed by atoms with Crippen molar-refractivity contribution < 1.29 is 9.53 Å². The van der Waals surface area contributed by atoms with Gasteiger partial charge in [-0.15, -0.1) is 0 Å². The number of hydrogen-bond donors (Lipinski definition) is 0. The molecule has 1 aliphatic heterocycles. The van der Waals surface area contributed by atoms with E-state index in [9.17, 15) is 4.79 Å². The first-order valence-electron chi connectivity index (χ1n) is 7.90. The first kappa shape index (κ1) is 15.5. The smallest absolute Gasteiger partial charge is 0.219 e. The fraction of sp³-hybridized carbons (Fsp3) is 0.389. The molecule has 0 spiro atoms. The van der Waals surface area contributed by atoms with Gasteiger partial charge in [0.1, 0.15) is 5.75 Å². The number of methoxy groups -OCH3 is 1. The number of carbonyl (C=O) groups excluding carboxylic acids is 1. The Labute approximate surface area is 136 Å². The third kappa shape index (κ3) is 3.33. The molecule has 1 saturated heterocycles. The first-order chi connectivity index (χ1) is 11.2. The van der Waals surface area contributed by atoms with E-state index in [1.165, 1.54) is 0 Å². The Morgan fingerprint density at radius 1 is 1.30 bits per heavy atom. The van der Waals surface area contributed by atoms with Crippen molar-refractivity contribution in [3.05, 3.63) is 42.4 Å². The molecule has 1 aliphatic rings. The van der Waals surface area contributed by atoms with Crippen LogP contribution in [0, 0.1) is 0 Å². The molecule has 120 valence electrons. The summed E-state index contributed by atoms with van der Waals surface area (Å²) in [6.45, 7) is 3.17. The molecule has 1 amide bonds. The van der Waals surface area contributed by atoms with Gasteiger partial charge in [0, 0.05) is 43.9 Å². The van der Waals surface area contributed by atoms with Crippen LogP contribution in [0.3, 0.4) is 0 Å². The highest BCUT2D eigenvalue weighted by Crippen LogP contribution is 2.32. The van der Waals surface area contributed by atoms with Gasteiger partial charge >= 0.3 is 0 Å². The highest BCUT2D eigenvalue weighted by molar-refractivity contribution is 5.73. The van der Waals surface area contributed by atoms with Gasteiger partial charge < -0.3 is 9.64 Å². The summed E-state index contributed by atoms with van der Waals surface area (Å²) in [6, 6.07) is 7.85. The van der Waals surface area contributed by atoms with E-state index in [4.69, 9.17) is 4.74 Å². The molecule has 0 saturated carbocycles. The topological polar surface area (TPSA) is 55.3 Å². The zero-order valence-corrected chi connectivity index (χ0v) is 13.5. The standard InChI is InChI=1S/C18H21N3O2/c1-13(22)21-10-4-6-15(12-21)18-17(19-8-9-20-18)14-5-3-7-16(11-14)23-2/h3,5,7-9,11,15H,4,6,10,12H2,1-2H3/t15-/m0/s1. The van der Waals surface area contributed by atoms with E-state index < -0.39 is 0 Å². The summed E-state index contributed by atoms with van der Waals surface area (Å²) >= 11 is 0. The summed E-state index contributed by atoms with van der Waals surface area (Å²) < 4.78 is 5.31. The number of nitrogens with zero attached hydrogens (tertiary/aromatic N) is 3. The van der Waals surface area contributed by atoms with E-state index in [1.54, 1.807) is 26.4 Å². The third-order valence-electron chi connectivity index (χ3n) is 4.32. The van der Waals surface area contributed by atoms with Gasteiger partial charge in [0.25, 0.3) is 0 Å². The number of piperidine rings is 1. The van der Waals surface area contributed by atoms with E-state index >= 15 is 0 Å². The molecule has 0 radical (unpaired) electrons. The molecule has 23 heavy (non-hydrogen) atoms. The molecular formula is C18H21N3O2. The van der Waals surface area contributed by atoms with Crippen LogP contribution < -0.4 is 4.74 Å². The molecular weight excluding hydrogens is 290 g/mol. The van der Waals surface area contributed by atoms with Crippen LogP contribution in [-0.2, 0) is 4.79 Å². The first-order valence-corrected chi connectivity index (χ1v) is 7.90. The van der Waals surface area contributed by atoms with Crippen molar-refractivity contribution in [1.29, 1.82) is 0 Å². The summed E-state index contributed by atoms with van der Waals surface area (Å²) in [7, 11) is 1.66. The molecule has 0 N–H and O–H groups in total. The average Bonchev–Trinajstić information content (AvgIpc) is 2.62. The maximum atomic E-state index is 11.7. The molecule has 2 heterocycles. The molecule has 0 bridgehead atoms. The molecule has 1 atom stereocenters. The zero-order chi connectivity index (χ0) is 16.2. The van der Waals surface area contributed by atoms with Crippen LogP contribution in [0.15, 0.2) is 36.7 Å². The van der Waals surface area contributed by atoms with Gasteiger partial charge in [0.05, 0.1) is 18.5 Å². The van der Waals surface area contributed by atoms with Crippen molar-refractivity contribution >= 4 is 5.91 Å². The Morgan fingerprint density at radius 3 is 2.91 bits per heavy atom. The highest BCUT2D eigenvalue weighted by atomic mass is 16.5. The lowest BCUT2D eigenvalue weighted by Crippen LogP contribution is -2.38. The number of carbonyl (C=O) groups is 1. The van der Waals surface area contributed by atoms with E-state index in [-0.39, 0.29) is 11.8 Å². The molecule has 0 unspecified atom stereocenters. The number of ether oxygens (including phenoxy) is 1. The Hall–Kier alpha value is -2.43. The van der Waals surface area contributed by atoms with Crippen molar-refractivity contribution in [2.45, 2.75) is 25.7 Å².